The second kappa shape index (κ2) is 4.61. The van der Waals surface area contributed by atoms with E-state index in [0.717, 1.165) is 30.8 Å². The van der Waals surface area contributed by atoms with E-state index in [9.17, 15) is 4.79 Å². The molecule has 2 unspecified atom stereocenters. The van der Waals surface area contributed by atoms with Crippen LogP contribution in [0.25, 0.3) is 0 Å². The SMILES string of the molecule is CN1C(=O)C(CC2CCCN2)Oc2ccccc21. The highest BCUT2D eigenvalue weighted by Crippen LogP contribution is 2.33. The van der Waals surface area contributed by atoms with Crippen molar-refractivity contribution in [3.63, 3.8) is 0 Å². The van der Waals surface area contributed by atoms with Crippen LogP contribution < -0.4 is 15.0 Å². The average molecular weight is 246 g/mol. The summed E-state index contributed by atoms with van der Waals surface area (Å²) in [7, 11) is 1.82. The van der Waals surface area contributed by atoms with Crippen molar-refractivity contribution >= 4 is 11.6 Å². The van der Waals surface area contributed by atoms with Crippen molar-refractivity contribution in [1.29, 1.82) is 0 Å². The van der Waals surface area contributed by atoms with Crippen molar-refractivity contribution in [2.24, 2.45) is 0 Å². The van der Waals surface area contributed by atoms with Crippen LogP contribution in [0.1, 0.15) is 19.3 Å². The predicted molar refractivity (Wildman–Crippen MR) is 69.9 cm³/mol. The van der Waals surface area contributed by atoms with E-state index in [2.05, 4.69) is 5.32 Å². The average Bonchev–Trinajstić information content (AvgIpc) is 2.89. The lowest BCUT2D eigenvalue weighted by atomic mass is 10.0. The van der Waals surface area contributed by atoms with E-state index in [-0.39, 0.29) is 12.0 Å². The molecule has 0 aliphatic carbocycles. The Balaban J connectivity index is 1.79. The van der Waals surface area contributed by atoms with Crippen LogP contribution in [-0.2, 0) is 4.79 Å². The maximum atomic E-state index is 12.2. The summed E-state index contributed by atoms with van der Waals surface area (Å²) in [5.41, 5.74) is 0.859. The zero-order chi connectivity index (χ0) is 12.5. The normalized spacial score (nSPS) is 26.9. The van der Waals surface area contributed by atoms with E-state index in [1.807, 2.05) is 31.3 Å². The van der Waals surface area contributed by atoms with Crippen molar-refractivity contribution in [1.82, 2.24) is 5.32 Å². The summed E-state index contributed by atoms with van der Waals surface area (Å²) in [6.07, 6.45) is 2.74. The lowest BCUT2D eigenvalue weighted by molar-refractivity contribution is -0.126. The van der Waals surface area contributed by atoms with E-state index in [4.69, 9.17) is 4.74 Å². The molecule has 18 heavy (non-hydrogen) atoms. The van der Waals surface area contributed by atoms with Crippen LogP contribution in [0.2, 0.25) is 0 Å². The maximum absolute atomic E-state index is 12.2. The molecule has 1 aromatic rings. The molecule has 1 fully saturated rings. The lowest BCUT2D eigenvalue weighted by Crippen LogP contribution is -2.46. The number of nitrogens with zero attached hydrogens (tertiary/aromatic N) is 1. The van der Waals surface area contributed by atoms with Gasteiger partial charge in [-0.05, 0) is 31.5 Å². The van der Waals surface area contributed by atoms with Gasteiger partial charge in [0, 0.05) is 19.5 Å². The topological polar surface area (TPSA) is 41.6 Å². The van der Waals surface area contributed by atoms with Crippen molar-refractivity contribution < 1.29 is 9.53 Å². The molecule has 0 bridgehead atoms. The number of fused-ring (bicyclic) bond motifs is 1. The molecule has 0 spiro atoms. The summed E-state index contributed by atoms with van der Waals surface area (Å²) in [5, 5.41) is 3.41. The van der Waals surface area contributed by atoms with Gasteiger partial charge in [0.2, 0.25) is 0 Å². The van der Waals surface area contributed by atoms with Crippen molar-refractivity contribution in [3.8, 4) is 5.75 Å². The second-order valence-corrected chi connectivity index (χ2v) is 5.00. The van der Waals surface area contributed by atoms with Crippen LogP contribution in [-0.4, -0.2) is 31.6 Å². The third-order valence-electron chi connectivity index (χ3n) is 3.76. The highest BCUT2D eigenvalue weighted by molar-refractivity contribution is 5.99. The number of anilines is 1. The molecule has 1 N–H and O–H groups in total. The monoisotopic (exact) mass is 246 g/mol. The zero-order valence-electron chi connectivity index (χ0n) is 10.6. The molecule has 1 amide bonds. The highest BCUT2D eigenvalue weighted by atomic mass is 16.5. The molecule has 4 heteroatoms. The molecule has 2 aliphatic rings. The quantitative estimate of drug-likeness (QED) is 0.861. The smallest absolute Gasteiger partial charge is 0.267 e. The Kier molecular flexibility index (Phi) is 2.96. The Morgan fingerprint density at radius 3 is 3.06 bits per heavy atom. The van der Waals surface area contributed by atoms with Gasteiger partial charge >= 0.3 is 0 Å². The summed E-state index contributed by atoms with van der Waals surface area (Å²) in [4.78, 5) is 14.0. The first-order valence-corrected chi connectivity index (χ1v) is 6.52. The molecule has 1 saturated heterocycles. The van der Waals surface area contributed by atoms with Crippen molar-refractivity contribution in [2.75, 3.05) is 18.5 Å². The first-order chi connectivity index (χ1) is 8.75. The number of amides is 1. The van der Waals surface area contributed by atoms with Crippen molar-refractivity contribution in [3.05, 3.63) is 24.3 Å². The molecule has 3 rings (SSSR count). The predicted octanol–water partition coefficient (Wildman–Crippen LogP) is 1.55. The maximum Gasteiger partial charge on any atom is 0.267 e. The van der Waals surface area contributed by atoms with Crippen LogP contribution >= 0.6 is 0 Å². The van der Waals surface area contributed by atoms with Gasteiger partial charge in [-0.2, -0.15) is 0 Å². The first-order valence-electron chi connectivity index (χ1n) is 6.52. The van der Waals surface area contributed by atoms with Gasteiger partial charge in [0.15, 0.2) is 6.10 Å². The van der Waals surface area contributed by atoms with Crippen LogP contribution in [0.5, 0.6) is 5.75 Å². The van der Waals surface area contributed by atoms with Gasteiger partial charge in [0.1, 0.15) is 5.75 Å². The number of carbonyl (C=O) groups is 1. The molecule has 2 atom stereocenters. The Hall–Kier alpha value is -1.55. The highest BCUT2D eigenvalue weighted by Gasteiger charge is 2.34. The van der Waals surface area contributed by atoms with E-state index in [1.165, 1.54) is 6.42 Å². The van der Waals surface area contributed by atoms with Crippen LogP contribution in [0, 0.1) is 0 Å². The Bertz CT molecular complexity index is 455. The van der Waals surface area contributed by atoms with Gasteiger partial charge in [0.05, 0.1) is 5.69 Å². The fraction of sp³-hybridized carbons (Fsp3) is 0.500. The fourth-order valence-electron chi connectivity index (χ4n) is 2.74. The minimum Gasteiger partial charge on any atom is -0.478 e. The summed E-state index contributed by atoms with van der Waals surface area (Å²) < 4.78 is 5.85. The van der Waals surface area contributed by atoms with E-state index in [1.54, 1.807) is 4.90 Å². The summed E-state index contributed by atoms with van der Waals surface area (Å²) in [6, 6.07) is 8.11. The number of hydrogen-bond donors (Lipinski definition) is 1. The molecule has 0 radical (unpaired) electrons. The van der Waals surface area contributed by atoms with Crippen molar-refractivity contribution in [2.45, 2.75) is 31.4 Å². The zero-order valence-corrected chi connectivity index (χ0v) is 10.6. The number of ether oxygens (including phenoxy) is 1. The molecular weight excluding hydrogens is 228 g/mol. The molecular formula is C14H18N2O2. The largest absolute Gasteiger partial charge is 0.478 e. The summed E-state index contributed by atoms with van der Waals surface area (Å²) in [5.74, 6) is 0.866. The molecule has 2 aliphatic heterocycles. The third-order valence-corrected chi connectivity index (χ3v) is 3.76. The van der Waals surface area contributed by atoms with E-state index in [0.29, 0.717) is 6.04 Å². The van der Waals surface area contributed by atoms with Gasteiger partial charge in [-0.3, -0.25) is 4.79 Å². The summed E-state index contributed by atoms with van der Waals surface area (Å²) in [6.45, 7) is 1.05. The molecule has 96 valence electrons. The minimum atomic E-state index is -0.347. The molecule has 2 heterocycles. The van der Waals surface area contributed by atoms with Crippen LogP contribution in [0.4, 0.5) is 5.69 Å². The number of rotatable bonds is 2. The number of carbonyl (C=O) groups excluding carboxylic acids is 1. The molecule has 1 aromatic carbocycles. The number of para-hydroxylation sites is 2. The summed E-state index contributed by atoms with van der Waals surface area (Å²) >= 11 is 0. The van der Waals surface area contributed by atoms with E-state index < -0.39 is 0 Å². The van der Waals surface area contributed by atoms with Gasteiger partial charge < -0.3 is 15.0 Å². The van der Waals surface area contributed by atoms with Gasteiger partial charge in [-0.1, -0.05) is 12.1 Å². The van der Waals surface area contributed by atoms with Gasteiger partial charge in [-0.25, -0.2) is 0 Å². The Morgan fingerprint density at radius 1 is 1.44 bits per heavy atom. The first kappa shape index (κ1) is 11.5. The van der Waals surface area contributed by atoms with Gasteiger partial charge in [0.25, 0.3) is 5.91 Å². The van der Waals surface area contributed by atoms with Crippen LogP contribution in [0.3, 0.4) is 0 Å². The standard InChI is InChI=1S/C14H18N2O2/c1-16-11-6-2-3-7-12(11)18-13(14(16)17)9-10-5-4-8-15-10/h2-3,6-7,10,13,15H,4-5,8-9H2,1H3. The van der Waals surface area contributed by atoms with Gasteiger partial charge in [-0.15, -0.1) is 0 Å². The molecule has 0 saturated carbocycles. The fourth-order valence-corrected chi connectivity index (χ4v) is 2.74. The third kappa shape index (κ3) is 1.97. The number of benzene rings is 1. The number of nitrogens with one attached hydrogen (secondary N) is 1. The molecule has 0 aromatic heterocycles. The Morgan fingerprint density at radius 2 is 2.28 bits per heavy atom. The second-order valence-electron chi connectivity index (χ2n) is 5.00. The minimum absolute atomic E-state index is 0.0578. The number of hydrogen-bond acceptors (Lipinski definition) is 3. The van der Waals surface area contributed by atoms with Crippen LogP contribution in [0.15, 0.2) is 24.3 Å². The lowest BCUT2D eigenvalue weighted by Gasteiger charge is -2.33. The Labute approximate surface area is 107 Å². The molecule has 4 nitrogen and oxygen atoms in total. The number of likely N-dealkylation sites (N-methyl/N-ethyl adjacent to an activating group) is 1. The van der Waals surface area contributed by atoms with E-state index >= 15 is 0 Å².